The number of benzene rings is 1. The zero-order valence-corrected chi connectivity index (χ0v) is 14.7. The molecule has 6 nitrogen and oxygen atoms in total. The first kappa shape index (κ1) is 19.1. The van der Waals surface area contributed by atoms with Crippen molar-refractivity contribution in [3.8, 4) is 6.07 Å². The number of ether oxygens (including phenoxy) is 1. The van der Waals surface area contributed by atoms with Crippen molar-refractivity contribution in [1.82, 2.24) is 9.21 Å². The fourth-order valence-electron chi connectivity index (χ4n) is 2.39. The lowest BCUT2D eigenvalue weighted by molar-refractivity contribution is 0.0363. The van der Waals surface area contributed by atoms with E-state index in [4.69, 9.17) is 21.6 Å². The summed E-state index contributed by atoms with van der Waals surface area (Å²) < 4.78 is 45.3. The van der Waals surface area contributed by atoms with Crippen molar-refractivity contribution in [2.24, 2.45) is 0 Å². The first-order chi connectivity index (χ1) is 11.4. The fraction of sp³-hybridized carbons (Fsp3) is 0.533. The minimum Gasteiger partial charge on any atom is -0.379 e. The Kier molecular flexibility index (Phi) is 6.95. The third-order valence-corrected chi connectivity index (χ3v) is 5.96. The average molecular weight is 376 g/mol. The number of morpholine rings is 1. The Hall–Kier alpha value is -1.24. The normalized spacial score (nSPS) is 16.2. The minimum atomic E-state index is -3.84. The van der Waals surface area contributed by atoms with Gasteiger partial charge >= 0.3 is 0 Å². The van der Waals surface area contributed by atoms with Crippen molar-refractivity contribution in [3.63, 3.8) is 0 Å². The summed E-state index contributed by atoms with van der Waals surface area (Å²) in [6.45, 7) is 3.61. The quantitative estimate of drug-likeness (QED) is 0.725. The van der Waals surface area contributed by atoms with E-state index >= 15 is 0 Å². The van der Waals surface area contributed by atoms with Gasteiger partial charge in [-0.25, -0.2) is 12.8 Å². The molecule has 1 aliphatic heterocycles. The van der Waals surface area contributed by atoms with Crippen molar-refractivity contribution in [2.45, 2.75) is 11.3 Å². The van der Waals surface area contributed by atoms with E-state index in [1.807, 2.05) is 6.07 Å². The van der Waals surface area contributed by atoms with Gasteiger partial charge in [-0.15, -0.1) is 0 Å². The molecule has 0 aromatic heterocycles. The topological polar surface area (TPSA) is 73.6 Å². The summed E-state index contributed by atoms with van der Waals surface area (Å²) in [7, 11) is -3.84. The molecule has 0 bridgehead atoms. The molecule has 0 unspecified atom stereocenters. The molecule has 0 spiro atoms. The van der Waals surface area contributed by atoms with Crippen LogP contribution in [0.2, 0.25) is 5.02 Å². The molecule has 1 aromatic rings. The predicted octanol–water partition coefficient (Wildman–Crippen LogP) is 1.72. The summed E-state index contributed by atoms with van der Waals surface area (Å²) in [6, 6.07) is 5.26. The fourth-order valence-corrected chi connectivity index (χ4v) is 4.09. The number of sulfonamides is 1. The number of hydrogen-bond donors (Lipinski definition) is 0. The zero-order valence-electron chi connectivity index (χ0n) is 13.1. The summed E-state index contributed by atoms with van der Waals surface area (Å²) in [5.41, 5.74) is 0. The molecule has 0 atom stereocenters. The first-order valence-electron chi connectivity index (χ1n) is 7.57. The van der Waals surface area contributed by atoms with Gasteiger partial charge in [0, 0.05) is 39.1 Å². The summed E-state index contributed by atoms with van der Waals surface area (Å²) >= 11 is 5.70. The Morgan fingerprint density at radius 2 is 2.04 bits per heavy atom. The van der Waals surface area contributed by atoms with Crippen molar-refractivity contribution in [2.75, 3.05) is 45.9 Å². The molecular weight excluding hydrogens is 357 g/mol. The van der Waals surface area contributed by atoms with Gasteiger partial charge in [-0.3, -0.25) is 4.90 Å². The standard InChI is InChI=1S/C15H19ClFN3O3S/c16-14-12-13(2-3-15(14)17)24(21,22)20(5-1-4-18)7-6-19-8-10-23-11-9-19/h2-3,12H,1,5-11H2. The van der Waals surface area contributed by atoms with Crippen molar-refractivity contribution >= 4 is 21.6 Å². The molecule has 0 aliphatic carbocycles. The maximum atomic E-state index is 13.3. The molecule has 1 heterocycles. The van der Waals surface area contributed by atoms with Crippen LogP contribution < -0.4 is 0 Å². The lowest BCUT2D eigenvalue weighted by atomic mass is 10.3. The van der Waals surface area contributed by atoms with Crippen LogP contribution in [0, 0.1) is 17.1 Å². The van der Waals surface area contributed by atoms with Gasteiger partial charge in [-0.1, -0.05) is 11.6 Å². The van der Waals surface area contributed by atoms with Gasteiger partial charge in [0.25, 0.3) is 0 Å². The first-order valence-corrected chi connectivity index (χ1v) is 9.39. The third-order valence-electron chi connectivity index (χ3n) is 3.77. The van der Waals surface area contributed by atoms with Crippen LogP contribution in [0.25, 0.3) is 0 Å². The predicted molar refractivity (Wildman–Crippen MR) is 87.7 cm³/mol. The number of hydrogen-bond acceptors (Lipinski definition) is 5. The highest BCUT2D eigenvalue weighted by Gasteiger charge is 2.25. The largest absolute Gasteiger partial charge is 0.379 e. The zero-order chi connectivity index (χ0) is 17.6. The second-order valence-electron chi connectivity index (χ2n) is 5.34. The van der Waals surface area contributed by atoms with E-state index in [9.17, 15) is 12.8 Å². The molecule has 24 heavy (non-hydrogen) atoms. The number of nitrogens with zero attached hydrogens (tertiary/aromatic N) is 3. The number of halogens is 2. The lowest BCUT2D eigenvalue weighted by Crippen LogP contribution is -2.43. The molecule has 2 rings (SSSR count). The smallest absolute Gasteiger partial charge is 0.243 e. The Morgan fingerprint density at radius 1 is 1.33 bits per heavy atom. The van der Waals surface area contributed by atoms with E-state index in [-0.39, 0.29) is 29.4 Å². The van der Waals surface area contributed by atoms with E-state index in [0.717, 1.165) is 25.2 Å². The van der Waals surface area contributed by atoms with Crippen molar-refractivity contribution in [3.05, 3.63) is 29.0 Å². The molecule has 0 saturated carbocycles. The molecule has 9 heteroatoms. The third kappa shape index (κ3) is 4.88. The van der Waals surface area contributed by atoms with Crippen LogP contribution in [-0.2, 0) is 14.8 Å². The van der Waals surface area contributed by atoms with Crippen LogP contribution in [0.4, 0.5) is 4.39 Å². The lowest BCUT2D eigenvalue weighted by Gasteiger charge is -2.29. The van der Waals surface area contributed by atoms with Crippen LogP contribution in [0.3, 0.4) is 0 Å². The van der Waals surface area contributed by atoms with Crippen molar-refractivity contribution in [1.29, 1.82) is 5.26 Å². The van der Waals surface area contributed by atoms with Gasteiger partial charge in [0.1, 0.15) is 5.82 Å². The molecule has 0 amide bonds. The van der Waals surface area contributed by atoms with Gasteiger partial charge in [0.2, 0.25) is 10.0 Å². The SMILES string of the molecule is N#CCCN(CCN1CCOCC1)S(=O)(=O)c1ccc(F)c(Cl)c1. The van der Waals surface area contributed by atoms with Gasteiger partial charge in [0.15, 0.2) is 0 Å². The van der Waals surface area contributed by atoms with Crippen LogP contribution in [0.1, 0.15) is 6.42 Å². The van der Waals surface area contributed by atoms with E-state index < -0.39 is 15.8 Å². The highest BCUT2D eigenvalue weighted by atomic mass is 35.5. The molecule has 0 radical (unpaired) electrons. The van der Waals surface area contributed by atoms with Crippen LogP contribution >= 0.6 is 11.6 Å². The molecule has 0 N–H and O–H groups in total. The van der Waals surface area contributed by atoms with Crippen LogP contribution in [0.15, 0.2) is 23.1 Å². The second-order valence-corrected chi connectivity index (χ2v) is 7.69. The number of rotatable bonds is 7. The molecule has 1 aliphatic rings. The Balaban J connectivity index is 2.14. The molecule has 1 aromatic carbocycles. The minimum absolute atomic E-state index is 0.0752. The monoisotopic (exact) mass is 375 g/mol. The average Bonchev–Trinajstić information content (AvgIpc) is 2.58. The Labute approximate surface area is 146 Å². The highest BCUT2D eigenvalue weighted by Crippen LogP contribution is 2.22. The van der Waals surface area contributed by atoms with Crippen LogP contribution in [-0.4, -0.2) is 63.6 Å². The summed E-state index contributed by atoms with van der Waals surface area (Å²) in [5, 5.41) is 8.53. The van der Waals surface area contributed by atoms with Gasteiger partial charge < -0.3 is 4.74 Å². The summed E-state index contributed by atoms with van der Waals surface area (Å²) in [4.78, 5) is 2.03. The van der Waals surface area contributed by atoms with Gasteiger partial charge in [-0.2, -0.15) is 9.57 Å². The van der Waals surface area contributed by atoms with Crippen LogP contribution in [0.5, 0.6) is 0 Å². The second kappa shape index (κ2) is 8.74. The summed E-state index contributed by atoms with van der Waals surface area (Å²) in [5.74, 6) is -0.674. The maximum absolute atomic E-state index is 13.3. The Morgan fingerprint density at radius 3 is 2.67 bits per heavy atom. The van der Waals surface area contributed by atoms with Gasteiger partial charge in [-0.05, 0) is 18.2 Å². The van der Waals surface area contributed by atoms with E-state index in [2.05, 4.69) is 4.90 Å². The Bertz CT molecular complexity index is 702. The van der Waals surface area contributed by atoms with E-state index in [1.54, 1.807) is 0 Å². The molecule has 1 fully saturated rings. The molecule has 1 saturated heterocycles. The van der Waals surface area contributed by atoms with Crippen molar-refractivity contribution < 1.29 is 17.5 Å². The number of nitriles is 1. The molecular formula is C15H19ClFN3O3S. The van der Waals surface area contributed by atoms with E-state index in [1.165, 1.54) is 10.4 Å². The molecule has 132 valence electrons. The maximum Gasteiger partial charge on any atom is 0.243 e. The summed E-state index contributed by atoms with van der Waals surface area (Å²) in [6.07, 6.45) is 0.0806. The van der Waals surface area contributed by atoms with Gasteiger partial charge in [0.05, 0.1) is 29.2 Å². The highest BCUT2D eigenvalue weighted by molar-refractivity contribution is 7.89. The van der Waals surface area contributed by atoms with E-state index in [0.29, 0.717) is 19.8 Å².